The summed E-state index contributed by atoms with van der Waals surface area (Å²) in [5.41, 5.74) is 1.24. The van der Waals surface area contributed by atoms with E-state index in [1.165, 1.54) is 0 Å². The van der Waals surface area contributed by atoms with Crippen LogP contribution >= 0.6 is 0 Å². The van der Waals surface area contributed by atoms with Gasteiger partial charge in [-0.05, 0) is 40.5 Å². The van der Waals surface area contributed by atoms with E-state index in [9.17, 15) is 9.35 Å². The van der Waals surface area contributed by atoms with Crippen LogP contribution < -0.4 is 4.72 Å². The van der Waals surface area contributed by atoms with Crippen molar-refractivity contribution in [2.45, 2.75) is 63.5 Å². The van der Waals surface area contributed by atoms with Crippen LogP contribution in [0.2, 0.25) is 0 Å². The van der Waals surface area contributed by atoms with Crippen LogP contribution in [0.4, 0.5) is 0 Å². The minimum absolute atomic E-state index is 0.164. The third-order valence-electron chi connectivity index (χ3n) is 4.67. The zero-order valence-electron chi connectivity index (χ0n) is 17.1. The largest absolute Gasteiger partial charge is 0.598 e. The predicted octanol–water partition coefficient (Wildman–Crippen LogP) is 3.51. The van der Waals surface area contributed by atoms with E-state index in [0.717, 1.165) is 5.56 Å². The first kappa shape index (κ1) is 22.9. The fourth-order valence-corrected chi connectivity index (χ4v) is 3.80. The number of nitrogens with one attached hydrogen (secondary N) is 1. The third-order valence-corrected chi connectivity index (χ3v) is 6.32. The Kier molecular flexibility index (Phi) is 8.09. The molecule has 6 nitrogen and oxygen atoms in total. The monoisotopic (exact) mass is 409 g/mol. The van der Waals surface area contributed by atoms with Gasteiger partial charge < -0.3 is 19.1 Å². The van der Waals surface area contributed by atoms with Gasteiger partial charge in [0, 0.05) is 28.9 Å². The highest BCUT2D eigenvalue weighted by Gasteiger charge is 2.39. The first-order valence-corrected chi connectivity index (χ1v) is 10.7. The molecule has 0 spiro atoms. The normalized spacial score (nSPS) is 19.4. The van der Waals surface area contributed by atoms with Gasteiger partial charge in [0.2, 0.25) is 0 Å². The molecular weight excluding hydrogens is 378 g/mol. The topological polar surface area (TPSA) is 90.9 Å². The highest BCUT2D eigenvalue weighted by atomic mass is 32.2. The average molecular weight is 410 g/mol. The van der Waals surface area contributed by atoms with Crippen LogP contribution in [0.25, 0.3) is 0 Å². The van der Waals surface area contributed by atoms with E-state index in [4.69, 9.17) is 14.6 Å². The van der Waals surface area contributed by atoms with Crippen LogP contribution in [0.3, 0.4) is 0 Å². The van der Waals surface area contributed by atoms with E-state index in [0.29, 0.717) is 32.5 Å². The molecule has 0 aromatic heterocycles. The van der Waals surface area contributed by atoms with Crippen molar-refractivity contribution < 1.29 is 23.9 Å². The molecule has 0 bridgehead atoms. The molecule has 1 aromatic rings. The summed E-state index contributed by atoms with van der Waals surface area (Å²) in [5, 5.41) is 9.11. The number of rotatable bonds is 9. The molecule has 1 aliphatic heterocycles. The highest BCUT2D eigenvalue weighted by molar-refractivity contribution is 7.90. The van der Waals surface area contributed by atoms with Crippen LogP contribution in [-0.2, 0) is 31.4 Å². The standard InChI is InChI=1S/C21H31NO5S/c1-16(19(23)24)10-11-18(22-28(25)20(2,3)4)12-13-21(26-14-15-27-21)17-8-6-5-7-9-17/h5-10,18,22H,11-15H2,1-4H3,(H,23,24)/t18-,28+/m1/s1. The number of aliphatic carboxylic acids is 1. The maximum absolute atomic E-state index is 12.6. The zero-order valence-corrected chi connectivity index (χ0v) is 17.9. The lowest BCUT2D eigenvalue weighted by molar-refractivity contribution is -0.172. The van der Waals surface area contributed by atoms with Gasteiger partial charge >= 0.3 is 5.97 Å². The molecule has 2 N–H and O–H groups in total. The predicted molar refractivity (Wildman–Crippen MR) is 110 cm³/mol. The Bertz CT molecular complexity index is 665. The molecule has 0 radical (unpaired) electrons. The maximum Gasteiger partial charge on any atom is 0.330 e. The molecule has 1 aliphatic rings. The SMILES string of the molecule is CC(=CC[C@H](CCC1(c2ccccc2)OCCO1)N[S@@+]([O-])C(C)(C)C)C(=O)O. The molecular formula is C21H31NO5S. The van der Waals surface area contributed by atoms with E-state index < -0.39 is 27.9 Å². The van der Waals surface area contributed by atoms with Crippen molar-refractivity contribution in [1.82, 2.24) is 4.72 Å². The Hall–Kier alpha value is -1.38. The summed E-state index contributed by atoms with van der Waals surface area (Å²) in [6.07, 6.45) is 3.34. The summed E-state index contributed by atoms with van der Waals surface area (Å²) in [6.45, 7) is 8.33. The van der Waals surface area contributed by atoms with Crippen LogP contribution in [0.1, 0.15) is 52.5 Å². The fourth-order valence-electron chi connectivity index (χ4n) is 2.93. The average Bonchev–Trinajstić information content (AvgIpc) is 3.13. The molecule has 2 atom stereocenters. The van der Waals surface area contributed by atoms with Gasteiger partial charge in [-0.2, -0.15) is 0 Å². The van der Waals surface area contributed by atoms with Crippen molar-refractivity contribution in [2.24, 2.45) is 0 Å². The van der Waals surface area contributed by atoms with E-state index in [1.807, 2.05) is 51.1 Å². The van der Waals surface area contributed by atoms with Gasteiger partial charge in [-0.3, -0.25) is 0 Å². The van der Waals surface area contributed by atoms with E-state index in [1.54, 1.807) is 13.0 Å². The number of carbonyl (C=O) groups is 1. The minimum atomic E-state index is -1.26. The minimum Gasteiger partial charge on any atom is -0.598 e. The lowest BCUT2D eigenvalue weighted by Gasteiger charge is -2.31. The second-order valence-electron chi connectivity index (χ2n) is 7.98. The van der Waals surface area contributed by atoms with Crippen LogP contribution in [0.15, 0.2) is 42.0 Å². The first-order chi connectivity index (χ1) is 13.1. The molecule has 1 aromatic carbocycles. The Balaban J connectivity index is 2.13. The Morgan fingerprint density at radius 2 is 1.93 bits per heavy atom. The number of carboxylic acids is 1. The molecule has 0 aliphatic carbocycles. The van der Waals surface area contributed by atoms with E-state index >= 15 is 0 Å². The van der Waals surface area contributed by atoms with Gasteiger partial charge in [0.05, 0.1) is 19.3 Å². The number of carboxylic acid groups (broad SMARTS) is 1. The molecule has 1 saturated heterocycles. The van der Waals surface area contributed by atoms with Gasteiger partial charge in [-0.15, -0.1) is 4.72 Å². The van der Waals surface area contributed by atoms with Crippen molar-refractivity contribution in [3.05, 3.63) is 47.5 Å². The summed E-state index contributed by atoms with van der Waals surface area (Å²) in [7, 11) is 0. The zero-order chi connectivity index (χ0) is 20.8. The summed E-state index contributed by atoms with van der Waals surface area (Å²) < 4.78 is 27.3. The van der Waals surface area contributed by atoms with Crippen LogP contribution in [0, 0.1) is 0 Å². The second kappa shape index (κ2) is 9.89. The molecule has 156 valence electrons. The van der Waals surface area contributed by atoms with Crippen molar-refractivity contribution in [3.63, 3.8) is 0 Å². The molecule has 7 heteroatoms. The molecule has 1 heterocycles. The van der Waals surface area contributed by atoms with Crippen molar-refractivity contribution in [3.8, 4) is 0 Å². The smallest absolute Gasteiger partial charge is 0.330 e. The van der Waals surface area contributed by atoms with Crippen molar-refractivity contribution in [2.75, 3.05) is 13.2 Å². The fraction of sp³-hybridized carbons (Fsp3) is 0.571. The second-order valence-corrected chi connectivity index (χ2v) is 9.98. The number of ether oxygens (including phenoxy) is 2. The van der Waals surface area contributed by atoms with E-state index in [2.05, 4.69) is 4.72 Å². The van der Waals surface area contributed by atoms with Gasteiger partial charge in [-0.25, -0.2) is 4.79 Å². The molecule has 0 amide bonds. The lowest BCUT2D eigenvalue weighted by atomic mass is 9.96. The first-order valence-electron chi connectivity index (χ1n) is 9.55. The molecule has 0 unspecified atom stereocenters. The lowest BCUT2D eigenvalue weighted by Crippen LogP contribution is -2.45. The molecule has 0 saturated carbocycles. The van der Waals surface area contributed by atoms with Crippen LogP contribution in [-0.4, -0.2) is 39.6 Å². The summed E-state index contributed by atoms with van der Waals surface area (Å²) in [4.78, 5) is 11.1. The van der Waals surface area contributed by atoms with Crippen molar-refractivity contribution >= 4 is 17.3 Å². The number of hydrogen-bond donors (Lipinski definition) is 2. The molecule has 1 fully saturated rings. The number of hydrogen-bond acceptors (Lipinski definition) is 5. The number of benzene rings is 1. The summed E-state index contributed by atoms with van der Waals surface area (Å²) in [5.74, 6) is -1.76. The summed E-state index contributed by atoms with van der Waals surface area (Å²) in [6, 6.07) is 9.65. The van der Waals surface area contributed by atoms with Gasteiger partial charge in [0.15, 0.2) is 5.79 Å². The van der Waals surface area contributed by atoms with Crippen molar-refractivity contribution in [1.29, 1.82) is 0 Å². The third kappa shape index (κ3) is 6.32. The maximum atomic E-state index is 12.6. The van der Waals surface area contributed by atoms with Crippen LogP contribution in [0.5, 0.6) is 0 Å². The molecule has 2 rings (SSSR count). The van der Waals surface area contributed by atoms with E-state index in [-0.39, 0.29) is 11.6 Å². The molecule has 28 heavy (non-hydrogen) atoms. The Morgan fingerprint density at radius 1 is 1.32 bits per heavy atom. The quantitative estimate of drug-likeness (QED) is 0.479. The van der Waals surface area contributed by atoms with Gasteiger partial charge in [-0.1, -0.05) is 36.4 Å². The van der Waals surface area contributed by atoms with Gasteiger partial charge in [0.25, 0.3) is 0 Å². The highest BCUT2D eigenvalue weighted by Crippen LogP contribution is 2.36. The van der Waals surface area contributed by atoms with Gasteiger partial charge in [0.1, 0.15) is 4.75 Å². The summed E-state index contributed by atoms with van der Waals surface area (Å²) >= 11 is -1.26. The Labute approximate surface area is 170 Å². The Morgan fingerprint density at radius 3 is 2.46 bits per heavy atom.